The summed E-state index contributed by atoms with van der Waals surface area (Å²) < 4.78 is 0. The van der Waals surface area contributed by atoms with Gasteiger partial charge < -0.3 is 5.11 Å². The second kappa shape index (κ2) is 7.06. The van der Waals surface area contributed by atoms with Crippen molar-refractivity contribution in [3.63, 3.8) is 0 Å². The number of carbonyl (C=O) groups is 1. The molecule has 0 radical (unpaired) electrons. The number of aromatic nitrogens is 1. The molecule has 0 aromatic carbocycles. The summed E-state index contributed by atoms with van der Waals surface area (Å²) in [5, 5.41) is 9.75. The van der Waals surface area contributed by atoms with E-state index in [-0.39, 0.29) is 0 Å². The highest BCUT2D eigenvalue weighted by Gasteiger charge is 2.42. The minimum atomic E-state index is -0.639. The van der Waals surface area contributed by atoms with Crippen LogP contribution in [0.2, 0.25) is 0 Å². The number of carboxylic acids is 1. The van der Waals surface area contributed by atoms with Gasteiger partial charge in [-0.3, -0.25) is 9.78 Å². The number of pyridine rings is 1. The number of unbranched alkanes of at least 4 members (excludes halogenated alkanes) is 1. The first-order chi connectivity index (χ1) is 10.1. The van der Waals surface area contributed by atoms with Gasteiger partial charge >= 0.3 is 5.97 Å². The topological polar surface area (TPSA) is 50.2 Å². The van der Waals surface area contributed by atoms with Crippen LogP contribution in [0.3, 0.4) is 0 Å². The van der Waals surface area contributed by atoms with Crippen LogP contribution in [0.1, 0.15) is 63.3 Å². The second-order valence-corrected chi connectivity index (χ2v) is 6.62. The number of rotatable bonds is 6. The highest BCUT2D eigenvalue weighted by Crippen LogP contribution is 2.43. The van der Waals surface area contributed by atoms with Crippen molar-refractivity contribution in [3.05, 3.63) is 29.6 Å². The van der Waals surface area contributed by atoms with Crippen molar-refractivity contribution in [2.45, 2.75) is 65.2 Å². The fourth-order valence-electron chi connectivity index (χ4n) is 3.52. The number of aliphatic carboxylic acids is 1. The Morgan fingerprint density at radius 1 is 1.38 bits per heavy atom. The van der Waals surface area contributed by atoms with E-state index in [9.17, 15) is 9.90 Å². The molecule has 1 fully saturated rings. The first-order valence-electron chi connectivity index (χ1n) is 8.22. The third-order valence-corrected chi connectivity index (χ3v) is 4.95. The second-order valence-electron chi connectivity index (χ2n) is 6.62. The van der Waals surface area contributed by atoms with E-state index in [2.05, 4.69) is 11.9 Å². The van der Waals surface area contributed by atoms with Crippen LogP contribution >= 0.6 is 0 Å². The third-order valence-electron chi connectivity index (χ3n) is 4.95. The van der Waals surface area contributed by atoms with Crippen LogP contribution in [0.5, 0.6) is 0 Å². The van der Waals surface area contributed by atoms with E-state index in [0.717, 1.165) is 43.0 Å². The van der Waals surface area contributed by atoms with Gasteiger partial charge in [0.15, 0.2) is 0 Å². The lowest BCUT2D eigenvalue weighted by molar-refractivity contribution is -0.151. The summed E-state index contributed by atoms with van der Waals surface area (Å²) in [6.45, 7) is 4.17. The van der Waals surface area contributed by atoms with Crippen LogP contribution in [-0.4, -0.2) is 16.1 Å². The lowest BCUT2D eigenvalue weighted by Gasteiger charge is -2.36. The van der Waals surface area contributed by atoms with E-state index >= 15 is 0 Å². The van der Waals surface area contributed by atoms with Crippen molar-refractivity contribution in [3.8, 4) is 0 Å². The molecule has 1 aromatic rings. The molecule has 0 aliphatic heterocycles. The SMILES string of the molecule is CCCCC1CCC(Cc2cccc(C)n2)(C(=O)O)CC1. The van der Waals surface area contributed by atoms with Gasteiger partial charge in [0, 0.05) is 17.8 Å². The van der Waals surface area contributed by atoms with Gasteiger partial charge in [-0.15, -0.1) is 0 Å². The van der Waals surface area contributed by atoms with E-state index in [0.29, 0.717) is 6.42 Å². The zero-order valence-electron chi connectivity index (χ0n) is 13.3. The summed E-state index contributed by atoms with van der Waals surface area (Å²) in [4.78, 5) is 16.4. The Morgan fingerprint density at radius 2 is 2.10 bits per heavy atom. The molecule has 0 saturated heterocycles. The Labute approximate surface area is 127 Å². The molecular weight excluding hydrogens is 262 g/mol. The van der Waals surface area contributed by atoms with Crippen LogP contribution in [0.25, 0.3) is 0 Å². The minimum Gasteiger partial charge on any atom is -0.481 e. The molecule has 1 aromatic heterocycles. The van der Waals surface area contributed by atoms with E-state index in [1.54, 1.807) is 0 Å². The normalized spacial score (nSPS) is 25.7. The van der Waals surface area contributed by atoms with Crippen molar-refractivity contribution in [1.82, 2.24) is 4.98 Å². The lowest BCUT2D eigenvalue weighted by atomic mass is 9.67. The van der Waals surface area contributed by atoms with Crippen LogP contribution in [0.15, 0.2) is 18.2 Å². The molecule has 1 heterocycles. The van der Waals surface area contributed by atoms with Crippen molar-refractivity contribution >= 4 is 5.97 Å². The van der Waals surface area contributed by atoms with Crippen LogP contribution in [0.4, 0.5) is 0 Å². The standard InChI is InChI=1S/C18H27NO2/c1-3-4-7-15-9-11-18(12-10-15,17(20)21)13-16-8-5-6-14(2)19-16/h5-6,8,15H,3-4,7,9-13H2,1-2H3,(H,20,21). The van der Waals surface area contributed by atoms with Crippen molar-refractivity contribution < 1.29 is 9.90 Å². The molecule has 3 heteroatoms. The number of aryl methyl sites for hydroxylation is 1. The quantitative estimate of drug-likeness (QED) is 0.845. The average Bonchev–Trinajstić information content (AvgIpc) is 2.46. The van der Waals surface area contributed by atoms with Crippen LogP contribution in [0, 0.1) is 18.3 Å². The monoisotopic (exact) mass is 289 g/mol. The zero-order chi connectivity index (χ0) is 15.3. The lowest BCUT2D eigenvalue weighted by Crippen LogP contribution is -2.37. The van der Waals surface area contributed by atoms with Gasteiger partial charge in [-0.2, -0.15) is 0 Å². The van der Waals surface area contributed by atoms with Gasteiger partial charge in [-0.1, -0.05) is 32.3 Å². The van der Waals surface area contributed by atoms with Gasteiger partial charge in [0.2, 0.25) is 0 Å². The molecule has 3 nitrogen and oxygen atoms in total. The average molecular weight is 289 g/mol. The van der Waals surface area contributed by atoms with Gasteiger partial charge in [-0.25, -0.2) is 0 Å². The molecule has 1 saturated carbocycles. The molecular formula is C18H27NO2. The molecule has 1 N–H and O–H groups in total. The van der Waals surface area contributed by atoms with Gasteiger partial charge in [-0.05, 0) is 50.7 Å². The number of carboxylic acid groups (broad SMARTS) is 1. The molecule has 2 rings (SSSR count). The first kappa shape index (κ1) is 16.0. The van der Waals surface area contributed by atoms with E-state index in [4.69, 9.17) is 0 Å². The van der Waals surface area contributed by atoms with Crippen molar-refractivity contribution in [1.29, 1.82) is 0 Å². The maximum Gasteiger partial charge on any atom is 0.310 e. The predicted octanol–water partition coefficient (Wildman–Crippen LogP) is 4.38. The summed E-state index contributed by atoms with van der Waals surface area (Å²) in [5.41, 5.74) is 1.29. The Balaban J connectivity index is 2.04. The summed E-state index contributed by atoms with van der Waals surface area (Å²) in [7, 11) is 0. The van der Waals surface area contributed by atoms with E-state index < -0.39 is 11.4 Å². The number of hydrogen-bond donors (Lipinski definition) is 1. The third kappa shape index (κ3) is 4.05. The molecule has 0 amide bonds. The largest absolute Gasteiger partial charge is 0.481 e. The number of hydrogen-bond acceptors (Lipinski definition) is 2. The molecule has 0 unspecified atom stereocenters. The molecule has 0 atom stereocenters. The fourth-order valence-corrected chi connectivity index (χ4v) is 3.52. The molecule has 1 aliphatic carbocycles. The molecule has 0 bridgehead atoms. The molecule has 1 aliphatic rings. The Hall–Kier alpha value is -1.38. The van der Waals surface area contributed by atoms with Crippen molar-refractivity contribution in [2.75, 3.05) is 0 Å². The summed E-state index contributed by atoms with van der Waals surface area (Å²) >= 11 is 0. The summed E-state index contributed by atoms with van der Waals surface area (Å²) in [5.74, 6) is 0.0858. The van der Waals surface area contributed by atoms with E-state index in [1.807, 2.05) is 25.1 Å². The first-order valence-corrected chi connectivity index (χ1v) is 8.22. The maximum atomic E-state index is 11.9. The summed E-state index contributed by atoms with van der Waals surface area (Å²) in [6, 6.07) is 5.89. The highest BCUT2D eigenvalue weighted by atomic mass is 16.4. The highest BCUT2D eigenvalue weighted by molar-refractivity contribution is 5.75. The Bertz CT molecular complexity index is 476. The Morgan fingerprint density at radius 3 is 2.67 bits per heavy atom. The molecule has 21 heavy (non-hydrogen) atoms. The zero-order valence-corrected chi connectivity index (χ0v) is 13.3. The molecule has 116 valence electrons. The predicted molar refractivity (Wildman–Crippen MR) is 84.2 cm³/mol. The minimum absolute atomic E-state index is 0.574. The van der Waals surface area contributed by atoms with Crippen molar-refractivity contribution in [2.24, 2.45) is 11.3 Å². The summed E-state index contributed by atoms with van der Waals surface area (Å²) in [6.07, 6.45) is 8.03. The fraction of sp³-hybridized carbons (Fsp3) is 0.667. The number of nitrogens with zero attached hydrogens (tertiary/aromatic N) is 1. The van der Waals surface area contributed by atoms with Crippen LogP contribution < -0.4 is 0 Å². The molecule has 0 spiro atoms. The maximum absolute atomic E-state index is 11.9. The van der Waals surface area contributed by atoms with Gasteiger partial charge in [0.05, 0.1) is 5.41 Å². The van der Waals surface area contributed by atoms with Gasteiger partial charge in [0.25, 0.3) is 0 Å². The smallest absolute Gasteiger partial charge is 0.310 e. The van der Waals surface area contributed by atoms with Gasteiger partial charge in [0.1, 0.15) is 0 Å². The van der Waals surface area contributed by atoms with Crippen LogP contribution in [-0.2, 0) is 11.2 Å². The Kier molecular flexibility index (Phi) is 5.38. The van der Waals surface area contributed by atoms with E-state index in [1.165, 1.54) is 19.3 Å².